The molecule has 1 aromatic heterocycles. The molecule has 1 aromatic carbocycles. The SMILES string of the molecule is [CH2]c1cccc(Cn2cccc2)c1. The number of rotatable bonds is 2. The van der Waals surface area contributed by atoms with Crippen molar-refractivity contribution in [3.8, 4) is 0 Å². The number of nitrogens with zero attached hydrogens (tertiary/aromatic N) is 1. The molecule has 1 heteroatoms. The molecular weight excluding hydrogens is 158 g/mol. The Kier molecular flexibility index (Phi) is 2.17. The summed E-state index contributed by atoms with van der Waals surface area (Å²) in [5.41, 5.74) is 2.37. The standard InChI is InChI=1S/C12H12N/c1-11-5-4-6-12(9-11)10-13-7-2-3-8-13/h2-9H,1,10H2. The van der Waals surface area contributed by atoms with Crippen LogP contribution < -0.4 is 0 Å². The molecule has 0 unspecified atom stereocenters. The predicted molar refractivity (Wildman–Crippen MR) is 54.4 cm³/mol. The number of hydrogen-bond acceptors (Lipinski definition) is 0. The summed E-state index contributed by atoms with van der Waals surface area (Å²) in [6.07, 6.45) is 4.13. The molecule has 1 radical (unpaired) electrons. The summed E-state index contributed by atoms with van der Waals surface area (Å²) in [5.74, 6) is 0. The van der Waals surface area contributed by atoms with E-state index in [-0.39, 0.29) is 0 Å². The first-order valence-electron chi connectivity index (χ1n) is 4.36. The highest BCUT2D eigenvalue weighted by molar-refractivity contribution is 5.25. The van der Waals surface area contributed by atoms with E-state index < -0.39 is 0 Å². The minimum atomic E-state index is 0.927. The van der Waals surface area contributed by atoms with Crippen LogP contribution in [0, 0.1) is 6.92 Å². The second kappa shape index (κ2) is 3.48. The van der Waals surface area contributed by atoms with E-state index >= 15 is 0 Å². The Bertz CT molecular complexity index is 374. The molecule has 0 aliphatic rings. The van der Waals surface area contributed by atoms with Gasteiger partial charge >= 0.3 is 0 Å². The van der Waals surface area contributed by atoms with Crippen LogP contribution in [-0.4, -0.2) is 4.57 Å². The van der Waals surface area contributed by atoms with E-state index in [0.29, 0.717) is 0 Å². The van der Waals surface area contributed by atoms with Gasteiger partial charge in [-0.05, 0) is 30.2 Å². The molecule has 0 bridgehead atoms. The first-order valence-corrected chi connectivity index (χ1v) is 4.36. The van der Waals surface area contributed by atoms with Crippen LogP contribution in [0.25, 0.3) is 0 Å². The first kappa shape index (κ1) is 8.11. The number of aromatic nitrogens is 1. The third-order valence-electron chi connectivity index (χ3n) is 2.02. The predicted octanol–water partition coefficient (Wildman–Crippen LogP) is 2.72. The van der Waals surface area contributed by atoms with Gasteiger partial charge in [-0.1, -0.05) is 24.3 Å². The molecule has 0 fully saturated rings. The summed E-state index contributed by atoms with van der Waals surface area (Å²) in [5, 5.41) is 0. The van der Waals surface area contributed by atoms with E-state index in [4.69, 9.17) is 0 Å². The Morgan fingerprint density at radius 3 is 2.54 bits per heavy atom. The molecule has 0 N–H and O–H groups in total. The maximum Gasteiger partial charge on any atom is 0.0470 e. The van der Waals surface area contributed by atoms with Crippen molar-refractivity contribution in [3.05, 3.63) is 66.8 Å². The molecule has 0 saturated heterocycles. The molecule has 1 nitrogen and oxygen atoms in total. The first-order chi connectivity index (χ1) is 6.34. The molecule has 0 aliphatic heterocycles. The molecule has 0 spiro atoms. The van der Waals surface area contributed by atoms with Crippen LogP contribution in [-0.2, 0) is 6.54 Å². The quantitative estimate of drug-likeness (QED) is 0.653. The zero-order valence-corrected chi connectivity index (χ0v) is 7.48. The maximum absolute atomic E-state index is 3.90. The van der Waals surface area contributed by atoms with Gasteiger partial charge in [0.1, 0.15) is 0 Å². The highest BCUT2D eigenvalue weighted by Crippen LogP contribution is 2.06. The van der Waals surface area contributed by atoms with Crippen molar-refractivity contribution in [2.75, 3.05) is 0 Å². The van der Waals surface area contributed by atoms with Crippen LogP contribution in [0.4, 0.5) is 0 Å². The second-order valence-electron chi connectivity index (χ2n) is 3.18. The summed E-state index contributed by atoms with van der Waals surface area (Å²) >= 11 is 0. The van der Waals surface area contributed by atoms with Crippen molar-refractivity contribution < 1.29 is 0 Å². The molecule has 13 heavy (non-hydrogen) atoms. The number of hydrogen-bond donors (Lipinski definition) is 0. The van der Waals surface area contributed by atoms with Crippen LogP contribution >= 0.6 is 0 Å². The van der Waals surface area contributed by atoms with Gasteiger partial charge in [0, 0.05) is 18.9 Å². The average Bonchev–Trinajstić information content (AvgIpc) is 2.57. The van der Waals surface area contributed by atoms with E-state index in [1.165, 1.54) is 5.56 Å². The normalized spacial score (nSPS) is 10.2. The Morgan fingerprint density at radius 2 is 1.85 bits per heavy atom. The van der Waals surface area contributed by atoms with Gasteiger partial charge in [0.25, 0.3) is 0 Å². The molecule has 0 saturated carbocycles. The lowest BCUT2D eigenvalue weighted by Gasteiger charge is -2.03. The maximum atomic E-state index is 3.90. The summed E-state index contributed by atoms with van der Waals surface area (Å²) in [4.78, 5) is 0. The fourth-order valence-electron chi connectivity index (χ4n) is 1.41. The highest BCUT2D eigenvalue weighted by Gasteiger charge is 1.93. The minimum absolute atomic E-state index is 0.927. The van der Waals surface area contributed by atoms with Crippen molar-refractivity contribution >= 4 is 0 Å². The van der Waals surface area contributed by atoms with E-state index in [1.807, 2.05) is 24.3 Å². The molecule has 0 aliphatic carbocycles. The molecule has 0 amide bonds. The van der Waals surface area contributed by atoms with Gasteiger partial charge in [0.05, 0.1) is 0 Å². The van der Waals surface area contributed by atoms with Gasteiger partial charge in [0.15, 0.2) is 0 Å². The average molecular weight is 170 g/mol. The van der Waals surface area contributed by atoms with Crippen LogP contribution in [0.15, 0.2) is 48.8 Å². The Morgan fingerprint density at radius 1 is 1.08 bits per heavy atom. The lowest BCUT2D eigenvalue weighted by atomic mass is 10.1. The summed E-state index contributed by atoms with van der Waals surface area (Å²) in [6.45, 7) is 4.83. The largest absolute Gasteiger partial charge is 0.350 e. The monoisotopic (exact) mass is 170 g/mol. The Labute approximate surface area is 78.6 Å². The fraction of sp³-hybridized carbons (Fsp3) is 0.0833. The Hall–Kier alpha value is -1.50. The highest BCUT2D eigenvalue weighted by atomic mass is 14.9. The lowest BCUT2D eigenvalue weighted by molar-refractivity contribution is 0.806. The van der Waals surface area contributed by atoms with Crippen LogP contribution in [0.3, 0.4) is 0 Å². The van der Waals surface area contributed by atoms with Crippen molar-refractivity contribution in [3.63, 3.8) is 0 Å². The van der Waals surface area contributed by atoms with Crippen molar-refractivity contribution in [2.24, 2.45) is 0 Å². The van der Waals surface area contributed by atoms with Crippen molar-refractivity contribution in [1.82, 2.24) is 4.57 Å². The van der Waals surface area contributed by atoms with Crippen LogP contribution in [0.1, 0.15) is 11.1 Å². The molecule has 2 aromatic rings. The topological polar surface area (TPSA) is 4.93 Å². The van der Waals surface area contributed by atoms with Gasteiger partial charge in [-0.15, -0.1) is 0 Å². The molecular formula is C12H12N. The van der Waals surface area contributed by atoms with Gasteiger partial charge < -0.3 is 4.57 Å². The zero-order valence-electron chi connectivity index (χ0n) is 7.48. The fourth-order valence-corrected chi connectivity index (χ4v) is 1.41. The smallest absolute Gasteiger partial charge is 0.0470 e. The van der Waals surface area contributed by atoms with Crippen LogP contribution in [0.5, 0.6) is 0 Å². The lowest BCUT2D eigenvalue weighted by Crippen LogP contribution is -1.95. The minimum Gasteiger partial charge on any atom is -0.350 e. The Balaban J connectivity index is 2.19. The second-order valence-corrected chi connectivity index (χ2v) is 3.18. The molecule has 1 heterocycles. The number of benzene rings is 1. The van der Waals surface area contributed by atoms with Crippen molar-refractivity contribution in [2.45, 2.75) is 6.54 Å². The molecule has 2 rings (SSSR count). The third-order valence-corrected chi connectivity index (χ3v) is 2.02. The summed E-state index contributed by atoms with van der Waals surface area (Å²) in [6, 6.07) is 12.4. The van der Waals surface area contributed by atoms with Crippen LogP contribution in [0.2, 0.25) is 0 Å². The van der Waals surface area contributed by atoms with E-state index in [2.05, 4.69) is 36.0 Å². The summed E-state index contributed by atoms with van der Waals surface area (Å²) in [7, 11) is 0. The molecule has 0 atom stereocenters. The zero-order chi connectivity index (χ0) is 9.10. The van der Waals surface area contributed by atoms with Gasteiger partial charge in [-0.3, -0.25) is 0 Å². The van der Waals surface area contributed by atoms with E-state index in [9.17, 15) is 0 Å². The van der Waals surface area contributed by atoms with Gasteiger partial charge in [-0.25, -0.2) is 0 Å². The molecule has 65 valence electrons. The van der Waals surface area contributed by atoms with E-state index in [0.717, 1.165) is 12.1 Å². The summed E-state index contributed by atoms with van der Waals surface area (Å²) < 4.78 is 2.15. The van der Waals surface area contributed by atoms with E-state index in [1.54, 1.807) is 0 Å². The van der Waals surface area contributed by atoms with Gasteiger partial charge in [0.2, 0.25) is 0 Å². The van der Waals surface area contributed by atoms with Gasteiger partial charge in [-0.2, -0.15) is 0 Å². The van der Waals surface area contributed by atoms with Crippen molar-refractivity contribution in [1.29, 1.82) is 0 Å². The third kappa shape index (κ3) is 2.00.